The summed E-state index contributed by atoms with van der Waals surface area (Å²) in [6.07, 6.45) is 2.25. The van der Waals surface area contributed by atoms with Crippen molar-refractivity contribution in [3.8, 4) is 0 Å². The van der Waals surface area contributed by atoms with Crippen molar-refractivity contribution in [3.63, 3.8) is 0 Å². The molecule has 1 aromatic carbocycles. The predicted octanol–water partition coefficient (Wildman–Crippen LogP) is 3.24. The van der Waals surface area contributed by atoms with Crippen molar-refractivity contribution in [2.75, 3.05) is 0 Å². The Morgan fingerprint density at radius 3 is 2.78 bits per heavy atom. The van der Waals surface area contributed by atoms with Gasteiger partial charge in [0.25, 0.3) is 0 Å². The summed E-state index contributed by atoms with van der Waals surface area (Å²) < 4.78 is 19.2. The van der Waals surface area contributed by atoms with Gasteiger partial charge in [-0.2, -0.15) is 0 Å². The Morgan fingerprint density at radius 2 is 2.22 bits per heavy atom. The molecule has 1 atom stereocenters. The number of nitrogens with two attached hydrogens (primary N) is 1. The molecule has 0 aliphatic rings. The van der Waals surface area contributed by atoms with Crippen molar-refractivity contribution >= 4 is 15.9 Å². The summed E-state index contributed by atoms with van der Waals surface area (Å²) in [6.45, 7) is 1.96. The van der Waals surface area contributed by atoms with Gasteiger partial charge in [-0.15, -0.1) is 0 Å². The van der Waals surface area contributed by atoms with Crippen molar-refractivity contribution in [2.45, 2.75) is 19.4 Å². The average Bonchev–Trinajstić information content (AvgIpc) is 2.75. The fourth-order valence-electron chi connectivity index (χ4n) is 1.88. The quantitative estimate of drug-likeness (QED) is 0.673. The lowest BCUT2D eigenvalue weighted by molar-refractivity contribution is 0.413. The maximum atomic E-state index is 13.0. The molecule has 2 rings (SSSR count). The number of nitrogens with one attached hydrogen (secondary N) is 1. The number of rotatable bonds is 4. The van der Waals surface area contributed by atoms with Crippen LogP contribution < -0.4 is 11.3 Å². The number of hydrogen-bond acceptors (Lipinski definition) is 3. The number of benzene rings is 1. The average molecular weight is 313 g/mol. The first-order chi connectivity index (χ1) is 8.61. The molecule has 0 aliphatic carbocycles. The molecule has 0 bridgehead atoms. The van der Waals surface area contributed by atoms with Crippen LogP contribution >= 0.6 is 15.9 Å². The second kappa shape index (κ2) is 5.65. The minimum atomic E-state index is -0.267. The highest BCUT2D eigenvalue weighted by atomic mass is 79.9. The minimum Gasteiger partial charge on any atom is -0.467 e. The highest BCUT2D eigenvalue weighted by Gasteiger charge is 2.17. The van der Waals surface area contributed by atoms with Gasteiger partial charge in [0.15, 0.2) is 0 Å². The van der Waals surface area contributed by atoms with Gasteiger partial charge in [0.2, 0.25) is 0 Å². The Balaban J connectivity index is 2.23. The normalized spacial score (nSPS) is 12.7. The second-order valence-electron chi connectivity index (χ2n) is 4.13. The Labute approximate surface area is 113 Å². The number of hydrogen-bond donors (Lipinski definition) is 2. The number of hydrazine groups is 1. The van der Waals surface area contributed by atoms with Crippen molar-refractivity contribution in [1.82, 2.24) is 5.43 Å². The molecule has 0 fully saturated rings. The van der Waals surface area contributed by atoms with E-state index in [-0.39, 0.29) is 11.9 Å². The van der Waals surface area contributed by atoms with Crippen LogP contribution in [-0.4, -0.2) is 0 Å². The van der Waals surface area contributed by atoms with Gasteiger partial charge in [0.05, 0.1) is 12.3 Å². The van der Waals surface area contributed by atoms with Crippen LogP contribution in [0.4, 0.5) is 4.39 Å². The van der Waals surface area contributed by atoms with Gasteiger partial charge in [0, 0.05) is 4.47 Å². The monoisotopic (exact) mass is 312 g/mol. The Hall–Kier alpha value is -1.17. The molecule has 0 saturated carbocycles. The lowest BCUT2D eigenvalue weighted by Gasteiger charge is -2.15. The van der Waals surface area contributed by atoms with Gasteiger partial charge in [-0.1, -0.05) is 22.0 Å². The molecular weight excluding hydrogens is 299 g/mol. The molecule has 0 aliphatic heterocycles. The fraction of sp³-hybridized carbons (Fsp3) is 0.231. The zero-order valence-electron chi connectivity index (χ0n) is 9.91. The Morgan fingerprint density at radius 1 is 1.44 bits per heavy atom. The molecule has 0 radical (unpaired) electrons. The zero-order valence-corrected chi connectivity index (χ0v) is 11.5. The maximum Gasteiger partial charge on any atom is 0.125 e. The van der Waals surface area contributed by atoms with Gasteiger partial charge in [-0.05, 0) is 42.7 Å². The van der Waals surface area contributed by atoms with Crippen molar-refractivity contribution < 1.29 is 8.81 Å². The van der Waals surface area contributed by atoms with Gasteiger partial charge in [-0.25, -0.2) is 9.82 Å². The molecule has 18 heavy (non-hydrogen) atoms. The van der Waals surface area contributed by atoms with Crippen LogP contribution in [0.3, 0.4) is 0 Å². The van der Waals surface area contributed by atoms with Gasteiger partial charge in [0.1, 0.15) is 11.6 Å². The summed E-state index contributed by atoms with van der Waals surface area (Å²) in [5, 5.41) is 0. The molecule has 3 nitrogen and oxygen atoms in total. The lowest BCUT2D eigenvalue weighted by atomic mass is 10.0. The second-order valence-corrected chi connectivity index (χ2v) is 4.98. The molecule has 1 unspecified atom stereocenters. The van der Waals surface area contributed by atoms with Crippen molar-refractivity contribution in [1.29, 1.82) is 0 Å². The van der Waals surface area contributed by atoms with Gasteiger partial charge < -0.3 is 4.42 Å². The van der Waals surface area contributed by atoms with E-state index in [1.54, 1.807) is 12.3 Å². The SMILES string of the molecule is Cc1ccoc1C(Cc1ccc(F)cc1Br)NN. The molecule has 5 heteroatoms. The number of aryl methyl sites for hydroxylation is 1. The van der Waals surface area contributed by atoms with E-state index < -0.39 is 0 Å². The molecule has 0 amide bonds. The fourth-order valence-corrected chi connectivity index (χ4v) is 2.39. The molecule has 96 valence electrons. The van der Waals surface area contributed by atoms with E-state index in [1.165, 1.54) is 12.1 Å². The van der Waals surface area contributed by atoms with E-state index in [4.69, 9.17) is 10.3 Å². The van der Waals surface area contributed by atoms with Crippen LogP contribution in [0.25, 0.3) is 0 Å². The predicted molar refractivity (Wildman–Crippen MR) is 71.3 cm³/mol. The molecule has 0 saturated heterocycles. The van der Waals surface area contributed by atoms with Crippen LogP contribution in [0.15, 0.2) is 39.4 Å². The summed E-state index contributed by atoms with van der Waals surface area (Å²) >= 11 is 3.35. The number of halogens is 2. The third-order valence-electron chi connectivity index (χ3n) is 2.86. The molecule has 1 heterocycles. The third kappa shape index (κ3) is 2.80. The first kappa shape index (κ1) is 13.3. The first-order valence-corrected chi connectivity index (χ1v) is 6.35. The third-order valence-corrected chi connectivity index (χ3v) is 3.60. The topological polar surface area (TPSA) is 51.2 Å². The van der Waals surface area contributed by atoms with E-state index in [2.05, 4.69) is 21.4 Å². The summed E-state index contributed by atoms with van der Waals surface area (Å²) in [5.74, 6) is 6.09. The van der Waals surface area contributed by atoms with Crippen LogP contribution in [0.2, 0.25) is 0 Å². The minimum absolute atomic E-state index is 0.137. The smallest absolute Gasteiger partial charge is 0.125 e. The van der Waals surface area contributed by atoms with Crippen LogP contribution in [0, 0.1) is 12.7 Å². The molecule has 2 aromatic rings. The summed E-state index contributed by atoms with van der Waals surface area (Å²) in [4.78, 5) is 0. The first-order valence-electron chi connectivity index (χ1n) is 5.56. The van der Waals surface area contributed by atoms with Crippen molar-refractivity contribution in [2.24, 2.45) is 5.84 Å². The molecule has 0 spiro atoms. The highest BCUT2D eigenvalue weighted by molar-refractivity contribution is 9.10. The largest absolute Gasteiger partial charge is 0.467 e. The molecule has 3 N–H and O–H groups in total. The van der Waals surface area contributed by atoms with Crippen LogP contribution in [0.1, 0.15) is 22.9 Å². The summed E-state index contributed by atoms with van der Waals surface area (Å²) in [5.41, 5.74) is 4.73. The maximum absolute atomic E-state index is 13.0. The van der Waals surface area contributed by atoms with Crippen LogP contribution in [-0.2, 0) is 6.42 Å². The number of furan rings is 1. The van der Waals surface area contributed by atoms with Crippen molar-refractivity contribution in [3.05, 3.63) is 57.7 Å². The molecule has 1 aromatic heterocycles. The van der Waals surface area contributed by atoms with E-state index in [9.17, 15) is 4.39 Å². The van der Waals surface area contributed by atoms with E-state index >= 15 is 0 Å². The highest BCUT2D eigenvalue weighted by Crippen LogP contribution is 2.26. The van der Waals surface area contributed by atoms with Crippen LogP contribution in [0.5, 0.6) is 0 Å². The van der Waals surface area contributed by atoms with Gasteiger partial charge >= 0.3 is 0 Å². The summed E-state index contributed by atoms with van der Waals surface area (Å²) in [7, 11) is 0. The zero-order chi connectivity index (χ0) is 13.1. The van der Waals surface area contributed by atoms with Gasteiger partial charge in [-0.3, -0.25) is 5.84 Å². The summed E-state index contributed by atoms with van der Waals surface area (Å²) in [6, 6.07) is 6.36. The van der Waals surface area contributed by atoms with E-state index in [1.807, 2.05) is 13.0 Å². The Kier molecular flexibility index (Phi) is 4.16. The van der Waals surface area contributed by atoms with E-state index in [0.29, 0.717) is 6.42 Å². The Bertz CT molecular complexity index is 542. The molecular formula is C13H14BrFN2O. The van der Waals surface area contributed by atoms with E-state index in [0.717, 1.165) is 21.4 Å². The standard InChI is InChI=1S/C13H14BrFN2O/c1-8-4-5-18-13(8)12(17-16)6-9-2-3-10(15)7-11(9)14/h2-5,7,12,17H,6,16H2,1H3. The lowest BCUT2D eigenvalue weighted by Crippen LogP contribution is -2.29.